The number of aromatic amines is 1. The van der Waals surface area contributed by atoms with Crippen molar-refractivity contribution in [2.75, 3.05) is 5.32 Å². The molecule has 0 aliphatic carbocycles. The van der Waals surface area contributed by atoms with Crippen LogP contribution in [0.25, 0.3) is 0 Å². The van der Waals surface area contributed by atoms with Gasteiger partial charge < -0.3 is 10.3 Å². The molecule has 0 aliphatic rings. The quantitative estimate of drug-likeness (QED) is 0.848. The summed E-state index contributed by atoms with van der Waals surface area (Å²) in [5, 5.41) is 3.35. The Bertz CT molecular complexity index is 584. The molecule has 2 N–H and O–H groups in total. The Morgan fingerprint density at radius 3 is 2.39 bits per heavy atom. The van der Waals surface area contributed by atoms with Gasteiger partial charge in [0.2, 0.25) is 0 Å². The predicted octanol–water partition coefficient (Wildman–Crippen LogP) is 4.30. The lowest BCUT2D eigenvalue weighted by molar-refractivity contribution is 0.102. The second-order valence-corrected chi connectivity index (χ2v) is 5.34. The van der Waals surface area contributed by atoms with Gasteiger partial charge in [-0.05, 0) is 43.2 Å². The molecule has 0 aliphatic heterocycles. The Balaban J connectivity index is 2.22. The topological polar surface area (TPSA) is 44.9 Å². The van der Waals surface area contributed by atoms with E-state index in [1.54, 1.807) is 12.3 Å². The predicted molar refractivity (Wildman–Crippen MR) is 77.4 cm³/mol. The van der Waals surface area contributed by atoms with E-state index in [4.69, 9.17) is 11.6 Å². The van der Waals surface area contributed by atoms with Crippen LogP contribution < -0.4 is 5.32 Å². The van der Waals surface area contributed by atoms with Crippen molar-refractivity contribution >= 4 is 39.1 Å². The van der Waals surface area contributed by atoms with E-state index in [1.165, 1.54) is 0 Å². The van der Waals surface area contributed by atoms with Gasteiger partial charge in [0.25, 0.3) is 5.91 Å². The fourth-order valence-electron chi connectivity index (χ4n) is 1.72. The van der Waals surface area contributed by atoms with E-state index in [-0.39, 0.29) is 5.91 Å². The van der Waals surface area contributed by atoms with Crippen molar-refractivity contribution in [3.8, 4) is 0 Å². The van der Waals surface area contributed by atoms with Gasteiger partial charge in [0.15, 0.2) is 0 Å². The fourth-order valence-corrected chi connectivity index (χ4v) is 2.11. The zero-order valence-corrected chi connectivity index (χ0v) is 12.3. The van der Waals surface area contributed by atoms with Gasteiger partial charge in [-0.1, -0.05) is 27.5 Å². The van der Waals surface area contributed by atoms with Gasteiger partial charge in [-0.15, -0.1) is 0 Å². The number of benzene rings is 1. The van der Waals surface area contributed by atoms with Gasteiger partial charge in [-0.25, -0.2) is 0 Å². The summed E-state index contributed by atoms with van der Waals surface area (Å²) in [6.07, 6.45) is 1.58. The Morgan fingerprint density at radius 2 is 1.89 bits per heavy atom. The van der Waals surface area contributed by atoms with Crippen LogP contribution in [-0.4, -0.2) is 10.9 Å². The summed E-state index contributed by atoms with van der Waals surface area (Å²) in [7, 11) is 0. The standard InChI is InChI=1S/C13H12BrClN2O/c1-7-3-10(4-8(2)12(7)14)17-13(18)11-5-9(15)6-16-11/h3-6,16H,1-2H3,(H,17,18). The number of nitrogens with one attached hydrogen (secondary N) is 2. The minimum atomic E-state index is -0.206. The molecule has 1 aromatic carbocycles. The molecule has 18 heavy (non-hydrogen) atoms. The van der Waals surface area contributed by atoms with Crippen molar-refractivity contribution in [3.63, 3.8) is 0 Å². The molecule has 2 aromatic rings. The molecule has 2 rings (SSSR count). The fraction of sp³-hybridized carbons (Fsp3) is 0.154. The van der Waals surface area contributed by atoms with Gasteiger partial charge >= 0.3 is 0 Å². The molecule has 5 heteroatoms. The average molecular weight is 328 g/mol. The summed E-state index contributed by atoms with van der Waals surface area (Å²) in [5.74, 6) is -0.206. The van der Waals surface area contributed by atoms with Crippen molar-refractivity contribution in [2.45, 2.75) is 13.8 Å². The molecule has 0 radical (unpaired) electrons. The summed E-state index contributed by atoms with van der Waals surface area (Å²) in [6.45, 7) is 3.97. The Morgan fingerprint density at radius 1 is 1.28 bits per heavy atom. The molecule has 1 aromatic heterocycles. The highest BCUT2D eigenvalue weighted by atomic mass is 79.9. The van der Waals surface area contributed by atoms with E-state index >= 15 is 0 Å². The third kappa shape index (κ3) is 2.76. The molecule has 1 heterocycles. The summed E-state index contributed by atoms with van der Waals surface area (Å²) in [6, 6.07) is 5.43. The summed E-state index contributed by atoms with van der Waals surface area (Å²) in [4.78, 5) is 14.7. The van der Waals surface area contributed by atoms with Crippen molar-refractivity contribution in [3.05, 3.63) is 50.7 Å². The van der Waals surface area contributed by atoms with Crippen LogP contribution in [0, 0.1) is 13.8 Å². The molecule has 94 valence electrons. The van der Waals surface area contributed by atoms with Crippen LogP contribution in [-0.2, 0) is 0 Å². The monoisotopic (exact) mass is 326 g/mol. The Kier molecular flexibility index (Phi) is 3.78. The molecule has 3 nitrogen and oxygen atoms in total. The second kappa shape index (κ2) is 5.16. The van der Waals surface area contributed by atoms with Crippen molar-refractivity contribution in [2.24, 2.45) is 0 Å². The van der Waals surface area contributed by atoms with Crippen molar-refractivity contribution in [1.29, 1.82) is 0 Å². The molecule has 0 saturated carbocycles. The molecule has 1 amide bonds. The highest BCUT2D eigenvalue weighted by molar-refractivity contribution is 9.10. The second-order valence-electron chi connectivity index (χ2n) is 4.11. The molecular formula is C13H12BrClN2O. The SMILES string of the molecule is Cc1cc(NC(=O)c2cc(Cl)c[nH]2)cc(C)c1Br. The zero-order chi connectivity index (χ0) is 13.3. The first kappa shape index (κ1) is 13.2. The van der Waals surface area contributed by atoms with Crippen LogP contribution in [0.3, 0.4) is 0 Å². The zero-order valence-electron chi connectivity index (χ0n) is 9.97. The summed E-state index contributed by atoms with van der Waals surface area (Å²) >= 11 is 9.25. The normalized spacial score (nSPS) is 10.4. The Hall–Kier alpha value is -1.26. The third-order valence-electron chi connectivity index (χ3n) is 2.59. The number of H-pyrrole nitrogens is 1. The maximum absolute atomic E-state index is 11.9. The largest absolute Gasteiger partial charge is 0.356 e. The number of rotatable bonds is 2. The lowest BCUT2D eigenvalue weighted by atomic mass is 10.1. The number of hydrogen-bond donors (Lipinski definition) is 2. The van der Waals surface area contributed by atoms with E-state index in [0.29, 0.717) is 10.7 Å². The molecular weight excluding hydrogens is 316 g/mol. The highest BCUT2D eigenvalue weighted by Gasteiger charge is 2.09. The first-order valence-electron chi connectivity index (χ1n) is 5.39. The molecule has 0 bridgehead atoms. The van der Waals surface area contributed by atoms with Gasteiger partial charge in [-0.2, -0.15) is 0 Å². The first-order valence-corrected chi connectivity index (χ1v) is 6.56. The lowest BCUT2D eigenvalue weighted by Crippen LogP contribution is -2.12. The minimum Gasteiger partial charge on any atom is -0.356 e. The maximum Gasteiger partial charge on any atom is 0.272 e. The average Bonchev–Trinajstić information content (AvgIpc) is 2.72. The van der Waals surface area contributed by atoms with E-state index in [2.05, 4.69) is 26.2 Å². The lowest BCUT2D eigenvalue weighted by Gasteiger charge is -2.09. The number of carbonyl (C=O) groups is 1. The summed E-state index contributed by atoms with van der Waals surface area (Å²) in [5.41, 5.74) is 3.37. The minimum absolute atomic E-state index is 0.206. The maximum atomic E-state index is 11.9. The van der Waals surface area contributed by atoms with Gasteiger partial charge in [0.05, 0.1) is 5.02 Å². The van der Waals surface area contributed by atoms with E-state index in [9.17, 15) is 4.79 Å². The third-order valence-corrected chi connectivity index (χ3v) is 4.06. The van der Waals surface area contributed by atoms with Crippen molar-refractivity contribution in [1.82, 2.24) is 4.98 Å². The Labute approximate surface area is 119 Å². The van der Waals surface area contributed by atoms with Gasteiger partial charge in [0, 0.05) is 16.4 Å². The number of hydrogen-bond acceptors (Lipinski definition) is 1. The van der Waals surface area contributed by atoms with E-state index < -0.39 is 0 Å². The van der Waals surface area contributed by atoms with Crippen LogP contribution in [0.2, 0.25) is 5.02 Å². The van der Waals surface area contributed by atoms with Crippen LogP contribution in [0.1, 0.15) is 21.6 Å². The number of aryl methyl sites for hydroxylation is 2. The van der Waals surface area contributed by atoms with Crippen LogP contribution in [0.15, 0.2) is 28.9 Å². The van der Waals surface area contributed by atoms with E-state index in [0.717, 1.165) is 21.3 Å². The molecule has 0 unspecified atom stereocenters. The molecule has 0 fully saturated rings. The highest BCUT2D eigenvalue weighted by Crippen LogP contribution is 2.25. The number of aromatic nitrogens is 1. The van der Waals surface area contributed by atoms with Crippen LogP contribution >= 0.6 is 27.5 Å². The molecule has 0 atom stereocenters. The molecule has 0 saturated heterocycles. The number of carbonyl (C=O) groups excluding carboxylic acids is 1. The molecule has 0 spiro atoms. The van der Waals surface area contributed by atoms with Crippen molar-refractivity contribution < 1.29 is 4.79 Å². The number of amides is 1. The van der Waals surface area contributed by atoms with Gasteiger partial charge in [-0.3, -0.25) is 4.79 Å². The van der Waals surface area contributed by atoms with Crippen LogP contribution in [0.4, 0.5) is 5.69 Å². The van der Waals surface area contributed by atoms with Crippen LogP contribution in [0.5, 0.6) is 0 Å². The number of halogens is 2. The van der Waals surface area contributed by atoms with E-state index in [1.807, 2.05) is 26.0 Å². The first-order chi connectivity index (χ1) is 8.47. The summed E-state index contributed by atoms with van der Waals surface area (Å²) < 4.78 is 1.06. The van der Waals surface area contributed by atoms with Gasteiger partial charge in [0.1, 0.15) is 5.69 Å². The number of anilines is 1. The smallest absolute Gasteiger partial charge is 0.272 e.